The monoisotopic (exact) mass is 237 g/mol. The first-order chi connectivity index (χ1) is 6.70. The van der Waals surface area contributed by atoms with Crippen LogP contribution in [0.2, 0.25) is 18.1 Å². The van der Waals surface area contributed by atoms with Crippen molar-refractivity contribution in [1.29, 1.82) is 0 Å². The highest BCUT2D eigenvalue weighted by Crippen LogP contribution is 2.36. The highest BCUT2D eigenvalue weighted by Gasteiger charge is 2.36. The van der Waals surface area contributed by atoms with Crippen molar-refractivity contribution in [2.45, 2.75) is 38.9 Å². The van der Waals surface area contributed by atoms with Crippen LogP contribution in [-0.4, -0.2) is 51.7 Å². The Labute approximate surface area is 95.6 Å². The molecule has 0 atom stereocenters. The van der Waals surface area contributed by atoms with E-state index in [0.717, 1.165) is 19.7 Å². The number of likely N-dealkylation sites (N-methyl/N-ethyl adjacent to an activating group) is 1. The average Bonchev–Trinajstić information content (AvgIpc) is 2.01. The smallest absolute Gasteiger partial charge is 0.192 e. The molecule has 0 aromatic heterocycles. The molecule has 0 bridgehead atoms. The van der Waals surface area contributed by atoms with Crippen molar-refractivity contribution in [2.75, 3.05) is 33.4 Å². The van der Waals surface area contributed by atoms with E-state index in [1.165, 1.54) is 0 Å². The minimum absolute atomic E-state index is 0.219. The van der Waals surface area contributed by atoms with Gasteiger partial charge in [0.05, 0.1) is 6.61 Å². The maximum absolute atomic E-state index is 8.75. The molecule has 0 aliphatic rings. The summed E-state index contributed by atoms with van der Waals surface area (Å²) in [6.07, 6.45) is 0. The molecule has 0 unspecified atom stereocenters. The number of hydrogen-bond acceptors (Lipinski definition) is 3. The van der Waals surface area contributed by atoms with Crippen LogP contribution in [0, 0.1) is 0 Å². The summed E-state index contributed by atoms with van der Waals surface area (Å²) in [5.41, 5.74) is 0. The molecule has 0 aliphatic heterocycles. The van der Waals surface area contributed by atoms with Gasteiger partial charge in [0.1, 0.15) is 0 Å². The Morgan fingerprint density at radius 1 is 1.20 bits per heavy atom. The molecule has 4 heteroatoms. The van der Waals surface area contributed by atoms with E-state index in [-0.39, 0.29) is 11.6 Å². The lowest BCUT2D eigenvalue weighted by Gasteiger charge is -2.36. The fraction of sp³-hybridized carbons (Fsp3) is 1.00. The number of hydrogen-bond donors (Lipinski definition) is 1. The first-order valence-corrected chi connectivity index (χ1v) is 8.55. The molecule has 3 nitrogen and oxygen atoms in total. The van der Waals surface area contributed by atoms with Gasteiger partial charge in [-0.05, 0) is 25.2 Å². The van der Waals surface area contributed by atoms with Gasteiger partial charge in [0.25, 0.3) is 0 Å². The minimum Gasteiger partial charge on any atom is -0.416 e. The lowest BCUT2D eigenvalue weighted by molar-refractivity contribution is 0.186. The second kappa shape index (κ2) is 5.99. The van der Waals surface area contributed by atoms with E-state index < -0.39 is 8.32 Å². The number of aliphatic hydroxyl groups is 1. The first kappa shape index (κ1) is 15.1. The summed E-state index contributed by atoms with van der Waals surface area (Å²) in [6, 6.07) is 0. The van der Waals surface area contributed by atoms with Gasteiger partial charge >= 0.3 is 0 Å². The summed E-state index contributed by atoms with van der Waals surface area (Å²) in [6.45, 7) is 13.9. The molecule has 0 spiro atoms. The van der Waals surface area contributed by atoms with Crippen LogP contribution in [-0.2, 0) is 4.43 Å². The van der Waals surface area contributed by atoms with E-state index >= 15 is 0 Å². The van der Waals surface area contributed by atoms with E-state index in [0.29, 0.717) is 0 Å². The summed E-state index contributed by atoms with van der Waals surface area (Å²) in [4.78, 5) is 2.09. The zero-order valence-electron chi connectivity index (χ0n) is 11.1. The number of rotatable bonds is 6. The van der Waals surface area contributed by atoms with Crippen molar-refractivity contribution in [3.8, 4) is 0 Å². The van der Waals surface area contributed by atoms with Gasteiger partial charge in [0.2, 0.25) is 0 Å². The molecule has 0 saturated heterocycles. The van der Waals surface area contributed by atoms with E-state index in [9.17, 15) is 0 Å². The zero-order valence-corrected chi connectivity index (χ0v) is 12.1. The summed E-state index contributed by atoms with van der Waals surface area (Å²) < 4.78 is 6.03. The summed E-state index contributed by atoms with van der Waals surface area (Å²) >= 11 is 0. The molecule has 0 radical (unpaired) electrons. The maximum atomic E-state index is 8.75. The van der Waals surface area contributed by atoms with Crippen LogP contribution < -0.4 is 0 Å². The van der Waals surface area contributed by atoms with Crippen LogP contribution in [0.1, 0.15) is 20.8 Å². The summed E-state index contributed by atoms with van der Waals surface area (Å²) in [5, 5.41) is 9.03. The fourth-order valence-corrected chi connectivity index (χ4v) is 1.99. The van der Waals surface area contributed by atoms with Crippen LogP contribution >= 0.6 is 0 Å². The molecule has 0 heterocycles. The quantitative estimate of drug-likeness (QED) is 0.566. The molecule has 92 valence electrons. The van der Waals surface area contributed by atoms with Gasteiger partial charge in [0, 0.05) is 19.7 Å². The number of nitrogens with zero attached hydrogens (tertiary/aromatic N) is 1. The van der Waals surface area contributed by atoms with Crippen molar-refractivity contribution < 1.29 is 9.53 Å². The van der Waals surface area contributed by atoms with Crippen molar-refractivity contribution in [3.05, 3.63) is 0 Å². The summed E-state index contributed by atoms with van der Waals surface area (Å²) in [5.74, 6) is 0. The van der Waals surface area contributed by atoms with Crippen LogP contribution in [0.4, 0.5) is 0 Å². The molecule has 0 saturated carbocycles. The molecule has 0 fully saturated rings. The topological polar surface area (TPSA) is 32.7 Å². The first-order valence-electron chi connectivity index (χ1n) is 5.64. The lowest BCUT2D eigenvalue weighted by Crippen LogP contribution is -2.42. The molecule has 1 N–H and O–H groups in total. The number of aliphatic hydroxyl groups excluding tert-OH is 1. The third kappa shape index (κ3) is 5.66. The van der Waals surface area contributed by atoms with Crippen molar-refractivity contribution in [1.82, 2.24) is 4.90 Å². The zero-order chi connectivity index (χ0) is 12.1. The largest absolute Gasteiger partial charge is 0.416 e. The van der Waals surface area contributed by atoms with Crippen LogP contribution in [0.15, 0.2) is 0 Å². The van der Waals surface area contributed by atoms with Crippen molar-refractivity contribution >= 4 is 8.32 Å². The Morgan fingerprint density at radius 3 is 2.13 bits per heavy atom. The fourth-order valence-electron chi connectivity index (χ4n) is 0.956. The van der Waals surface area contributed by atoms with Gasteiger partial charge in [-0.1, -0.05) is 20.8 Å². The van der Waals surface area contributed by atoms with Crippen LogP contribution in [0.3, 0.4) is 0 Å². The van der Waals surface area contributed by atoms with Crippen LogP contribution in [0.25, 0.3) is 0 Å². The third-order valence-electron chi connectivity index (χ3n) is 3.22. The van der Waals surface area contributed by atoms with Crippen molar-refractivity contribution in [3.63, 3.8) is 0 Å². The second-order valence-electron chi connectivity index (χ2n) is 5.64. The molecule has 0 aromatic carbocycles. The highest BCUT2D eigenvalue weighted by molar-refractivity contribution is 6.74. The Hall–Kier alpha value is 0.0969. The Kier molecular flexibility index (Phi) is 6.03. The maximum Gasteiger partial charge on any atom is 0.192 e. The van der Waals surface area contributed by atoms with Gasteiger partial charge in [-0.25, -0.2) is 0 Å². The van der Waals surface area contributed by atoms with E-state index in [1.54, 1.807) is 0 Å². The summed E-state index contributed by atoms with van der Waals surface area (Å²) in [7, 11) is 0.421. The Balaban J connectivity index is 3.85. The SMILES string of the molecule is CN([13CH2][13CH2]O)[13CH2][13CH2]O[Si](C)(C)C(C)(C)C. The van der Waals surface area contributed by atoms with Crippen molar-refractivity contribution in [2.24, 2.45) is 0 Å². The van der Waals surface area contributed by atoms with E-state index in [1.807, 2.05) is 7.05 Å². The van der Waals surface area contributed by atoms with Crippen LogP contribution in [0.5, 0.6) is 0 Å². The lowest BCUT2D eigenvalue weighted by atomic mass is 10.2. The highest BCUT2D eigenvalue weighted by atomic mass is 28.4. The van der Waals surface area contributed by atoms with Gasteiger partial charge in [-0.3, -0.25) is 0 Å². The van der Waals surface area contributed by atoms with Gasteiger partial charge in [-0.2, -0.15) is 0 Å². The van der Waals surface area contributed by atoms with E-state index in [2.05, 4.69) is 38.8 Å². The van der Waals surface area contributed by atoms with Gasteiger partial charge in [-0.15, -0.1) is 0 Å². The molecular weight excluding hydrogens is 210 g/mol. The molecule has 0 amide bonds. The Morgan fingerprint density at radius 2 is 1.73 bits per heavy atom. The van der Waals surface area contributed by atoms with E-state index in [4.69, 9.17) is 9.53 Å². The van der Waals surface area contributed by atoms with Gasteiger partial charge < -0.3 is 14.4 Å². The predicted molar refractivity (Wildman–Crippen MR) is 67.7 cm³/mol. The second-order valence-corrected chi connectivity index (χ2v) is 10.4. The Bertz CT molecular complexity index is 178. The third-order valence-corrected chi connectivity index (χ3v) is 7.76. The molecule has 0 aromatic rings. The molecule has 15 heavy (non-hydrogen) atoms. The molecule has 0 rings (SSSR count). The predicted octanol–water partition coefficient (Wildman–Crippen LogP) is 1.93. The minimum atomic E-state index is -1.58. The average molecular weight is 237 g/mol. The standard InChI is InChI=1S/C11H27NO2Si/c1-11(2,3)15(5,6)14-10-8-12(4)7-9-13/h13H,7-10H2,1-6H3/i7+1,8+1,9+1,10+1. The molecule has 0 aliphatic carbocycles. The van der Waals surface area contributed by atoms with Gasteiger partial charge in [0.15, 0.2) is 8.32 Å². The molecular formula is C11H27NO2Si. The normalized spacial score (nSPS) is 13.6.